The number of para-hydroxylation sites is 1. The second kappa shape index (κ2) is 8.97. The van der Waals surface area contributed by atoms with Crippen LogP contribution in [-0.2, 0) is 16.0 Å². The van der Waals surface area contributed by atoms with Gasteiger partial charge in [0.05, 0.1) is 14.2 Å². The first-order valence-electron chi connectivity index (χ1n) is 9.00. The topological polar surface area (TPSA) is 101 Å². The fourth-order valence-corrected chi connectivity index (χ4v) is 3.07. The van der Waals surface area contributed by atoms with Gasteiger partial charge in [-0.2, -0.15) is 0 Å². The number of fused-ring (bicyclic) bond motifs is 1. The molecular weight excluding hydrogens is 372 g/mol. The SMILES string of the molecule is COc1ccc(/C=C/C(=O)NC(Cc2c[nH]c3ccccc23)C(=O)O)cc1OC. The Hall–Kier alpha value is -3.74. The standard InChI is InChI=1S/C22H22N2O5/c1-28-19-9-7-14(11-20(19)29-2)8-10-21(25)24-18(22(26)27)12-15-13-23-17-6-4-3-5-16(15)17/h3-11,13,18,23H,12H2,1-2H3,(H,24,25)(H,26,27)/b10-8+. The van der Waals surface area contributed by atoms with Crippen LogP contribution < -0.4 is 14.8 Å². The molecule has 1 amide bonds. The van der Waals surface area contributed by atoms with Crippen molar-refractivity contribution in [1.82, 2.24) is 10.3 Å². The highest BCUT2D eigenvalue weighted by Crippen LogP contribution is 2.28. The number of aromatic nitrogens is 1. The van der Waals surface area contributed by atoms with Crippen LogP contribution in [0.25, 0.3) is 17.0 Å². The third-order valence-electron chi connectivity index (χ3n) is 4.55. The number of methoxy groups -OCH3 is 2. The molecule has 1 aromatic heterocycles. The van der Waals surface area contributed by atoms with Gasteiger partial charge in [0.2, 0.25) is 5.91 Å². The lowest BCUT2D eigenvalue weighted by atomic mass is 10.0. The van der Waals surface area contributed by atoms with Gasteiger partial charge in [-0.15, -0.1) is 0 Å². The Bertz CT molecular complexity index is 1050. The predicted octanol–water partition coefficient (Wildman–Crippen LogP) is 3.01. The van der Waals surface area contributed by atoms with Gasteiger partial charge in [-0.1, -0.05) is 24.3 Å². The van der Waals surface area contributed by atoms with E-state index in [0.29, 0.717) is 11.5 Å². The summed E-state index contributed by atoms with van der Waals surface area (Å²) in [6, 6.07) is 11.8. The van der Waals surface area contributed by atoms with Crippen molar-refractivity contribution in [2.75, 3.05) is 14.2 Å². The molecule has 0 aliphatic carbocycles. The smallest absolute Gasteiger partial charge is 0.326 e. The van der Waals surface area contributed by atoms with E-state index in [9.17, 15) is 14.7 Å². The fourth-order valence-electron chi connectivity index (χ4n) is 3.07. The molecule has 0 saturated heterocycles. The van der Waals surface area contributed by atoms with Crippen LogP contribution in [0.15, 0.2) is 54.7 Å². The lowest BCUT2D eigenvalue weighted by molar-refractivity contribution is -0.141. The third kappa shape index (κ3) is 4.76. The van der Waals surface area contributed by atoms with Gasteiger partial charge in [-0.25, -0.2) is 4.79 Å². The lowest BCUT2D eigenvalue weighted by Crippen LogP contribution is -2.41. The number of aliphatic carboxylic acids is 1. The Morgan fingerprint density at radius 3 is 2.62 bits per heavy atom. The quantitative estimate of drug-likeness (QED) is 0.510. The first kappa shape index (κ1) is 20.0. The van der Waals surface area contributed by atoms with Crippen LogP contribution in [0.4, 0.5) is 0 Å². The number of hydrogen-bond donors (Lipinski definition) is 3. The van der Waals surface area contributed by atoms with E-state index in [0.717, 1.165) is 22.0 Å². The maximum Gasteiger partial charge on any atom is 0.326 e. The van der Waals surface area contributed by atoms with Gasteiger partial charge < -0.3 is 24.9 Å². The minimum atomic E-state index is -1.09. The summed E-state index contributed by atoms with van der Waals surface area (Å²) in [4.78, 5) is 27.0. The predicted molar refractivity (Wildman–Crippen MR) is 110 cm³/mol. The monoisotopic (exact) mass is 394 g/mol. The van der Waals surface area contributed by atoms with Crippen molar-refractivity contribution >= 4 is 28.9 Å². The summed E-state index contributed by atoms with van der Waals surface area (Å²) < 4.78 is 10.4. The molecule has 7 heteroatoms. The van der Waals surface area contributed by atoms with Crippen molar-refractivity contribution in [2.45, 2.75) is 12.5 Å². The van der Waals surface area contributed by atoms with Gasteiger partial charge in [0, 0.05) is 29.6 Å². The number of H-pyrrole nitrogens is 1. The van der Waals surface area contributed by atoms with Crippen molar-refractivity contribution in [1.29, 1.82) is 0 Å². The van der Waals surface area contributed by atoms with Crippen LogP contribution in [0.2, 0.25) is 0 Å². The summed E-state index contributed by atoms with van der Waals surface area (Å²) in [6.45, 7) is 0. The molecule has 150 valence electrons. The highest BCUT2D eigenvalue weighted by molar-refractivity contribution is 5.94. The largest absolute Gasteiger partial charge is 0.493 e. The number of nitrogens with one attached hydrogen (secondary N) is 2. The van der Waals surface area contributed by atoms with Crippen LogP contribution in [0.3, 0.4) is 0 Å². The molecule has 0 aliphatic heterocycles. The fraction of sp³-hybridized carbons (Fsp3) is 0.182. The average molecular weight is 394 g/mol. The molecule has 0 fully saturated rings. The molecule has 3 rings (SSSR count). The summed E-state index contributed by atoms with van der Waals surface area (Å²) >= 11 is 0. The molecule has 2 aromatic carbocycles. The highest BCUT2D eigenvalue weighted by atomic mass is 16.5. The molecule has 29 heavy (non-hydrogen) atoms. The van der Waals surface area contributed by atoms with Crippen molar-refractivity contribution < 1.29 is 24.2 Å². The van der Waals surface area contributed by atoms with Crippen LogP contribution in [0.1, 0.15) is 11.1 Å². The minimum absolute atomic E-state index is 0.176. The van der Waals surface area contributed by atoms with Gasteiger partial charge in [-0.3, -0.25) is 4.79 Å². The molecule has 0 spiro atoms. The number of carboxylic acid groups (broad SMARTS) is 1. The Kier molecular flexibility index (Phi) is 6.19. The summed E-state index contributed by atoms with van der Waals surface area (Å²) in [7, 11) is 3.07. The normalized spacial score (nSPS) is 12.1. The first-order chi connectivity index (χ1) is 14.0. The molecular formula is C22H22N2O5. The number of ether oxygens (including phenoxy) is 2. The zero-order valence-electron chi connectivity index (χ0n) is 16.1. The highest BCUT2D eigenvalue weighted by Gasteiger charge is 2.21. The molecule has 7 nitrogen and oxygen atoms in total. The second-order valence-corrected chi connectivity index (χ2v) is 6.41. The minimum Gasteiger partial charge on any atom is -0.493 e. The van der Waals surface area contributed by atoms with E-state index < -0.39 is 17.9 Å². The van der Waals surface area contributed by atoms with Crippen molar-refractivity contribution in [3.8, 4) is 11.5 Å². The number of aromatic amines is 1. The number of benzene rings is 2. The molecule has 3 N–H and O–H groups in total. The van der Waals surface area contributed by atoms with Crippen LogP contribution in [0.5, 0.6) is 11.5 Å². The molecule has 1 heterocycles. The average Bonchev–Trinajstić information content (AvgIpc) is 3.14. The van der Waals surface area contributed by atoms with Crippen LogP contribution in [-0.4, -0.2) is 42.2 Å². The van der Waals surface area contributed by atoms with Gasteiger partial charge >= 0.3 is 5.97 Å². The van der Waals surface area contributed by atoms with E-state index in [2.05, 4.69) is 10.3 Å². The molecule has 0 radical (unpaired) electrons. The van der Waals surface area contributed by atoms with Crippen molar-refractivity contribution in [3.05, 3.63) is 65.9 Å². The van der Waals surface area contributed by atoms with Crippen molar-refractivity contribution in [3.63, 3.8) is 0 Å². The van der Waals surface area contributed by atoms with E-state index in [1.807, 2.05) is 24.3 Å². The zero-order chi connectivity index (χ0) is 20.8. The maximum atomic E-state index is 12.3. The van der Waals surface area contributed by atoms with Gasteiger partial charge in [0.1, 0.15) is 6.04 Å². The third-order valence-corrected chi connectivity index (χ3v) is 4.55. The Morgan fingerprint density at radius 1 is 1.14 bits per heavy atom. The van der Waals surface area contributed by atoms with Crippen LogP contribution >= 0.6 is 0 Å². The maximum absolute atomic E-state index is 12.3. The first-order valence-corrected chi connectivity index (χ1v) is 9.00. The summed E-state index contributed by atoms with van der Waals surface area (Å²) in [5.41, 5.74) is 2.48. The number of rotatable bonds is 8. The molecule has 0 saturated carbocycles. The number of carbonyl (C=O) groups is 2. The lowest BCUT2D eigenvalue weighted by Gasteiger charge is -2.13. The molecule has 1 unspecified atom stereocenters. The molecule has 1 atom stereocenters. The second-order valence-electron chi connectivity index (χ2n) is 6.41. The van der Waals surface area contributed by atoms with Crippen LogP contribution in [0, 0.1) is 0 Å². The number of amides is 1. The zero-order valence-corrected chi connectivity index (χ0v) is 16.1. The molecule has 0 aliphatic rings. The van der Waals surface area contributed by atoms with E-state index in [1.165, 1.54) is 13.2 Å². The van der Waals surface area contributed by atoms with E-state index in [4.69, 9.17) is 9.47 Å². The molecule has 0 bridgehead atoms. The number of carboxylic acids is 1. The summed E-state index contributed by atoms with van der Waals surface area (Å²) in [6.07, 6.45) is 4.83. The Labute approximate surface area is 168 Å². The van der Waals surface area contributed by atoms with Gasteiger partial charge in [0.15, 0.2) is 11.5 Å². The number of hydrogen-bond acceptors (Lipinski definition) is 4. The summed E-state index contributed by atoms with van der Waals surface area (Å²) in [5, 5.41) is 13.0. The van der Waals surface area contributed by atoms with E-state index in [1.54, 1.807) is 37.6 Å². The number of carbonyl (C=O) groups excluding carboxylic acids is 1. The van der Waals surface area contributed by atoms with E-state index >= 15 is 0 Å². The van der Waals surface area contributed by atoms with E-state index in [-0.39, 0.29) is 6.42 Å². The molecule has 3 aromatic rings. The van der Waals surface area contributed by atoms with Gasteiger partial charge in [-0.05, 0) is 35.4 Å². The Morgan fingerprint density at radius 2 is 1.90 bits per heavy atom. The van der Waals surface area contributed by atoms with Crippen molar-refractivity contribution in [2.24, 2.45) is 0 Å². The summed E-state index contributed by atoms with van der Waals surface area (Å²) in [5.74, 6) is -0.466. The Balaban J connectivity index is 1.70. The van der Waals surface area contributed by atoms with Gasteiger partial charge in [0.25, 0.3) is 0 Å².